The van der Waals surface area contributed by atoms with Crippen LogP contribution in [0, 0.1) is 0 Å². The smallest absolute Gasteiger partial charge is 0.379 e. The van der Waals surface area contributed by atoms with Gasteiger partial charge in [-0.05, 0) is 30.0 Å². The number of morpholine rings is 1. The van der Waals surface area contributed by atoms with Gasteiger partial charge in [-0.1, -0.05) is 24.2 Å². The molecule has 3 heterocycles. The fraction of sp³-hybridized carbons (Fsp3) is 0.600. The van der Waals surface area contributed by atoms with Crippen LogP contribution in [0.1, 0.15) is 48.0 Å². The number of benzene rings is 1. The molecule has 4 rings (SSSR count). The van der Waals surface area contributed by atoms with E-state index in [0.29, 0.717) is 31.3 Å². The van der Waals surface area contributed by atoms with E-state index in [1.54, 1.807) is 12.1 Å². The van der Waals surface area contributed by atoms with E-state index in [1.165, 1.54) is 12.1 Å². The molecule has 9 heteroatoms. The number of piperidine rings is 1. The normalized spacial score (nSPS) is 24.7. The molecule has 0 radical (unpaired) electrons. The second-order valence-electron chi connectivity index (χ2n) is 7.59. The maximum absolute atomic E-state index is 12.9. The van der Waals surface area contributed by atoms with Crippen molar-refractivity contribution in [3.63, 3.8) is 0 Å². The number of aromatic nitrogens is 2. The maximum Gasteiger partial charge on any atom is 0.416 e. The molecule has 2 saturated heterocycles. The Hall–Kier alpha value is -1.97. The first-order chi connectivity index (χ1) is 13.9. The Morgan fingerprint density at radius 1 is 1.03 bits per heavy atom. The minimum atomic E-state index is -4.32. The lowest BCUT2D eigenvalue weighted by Crippen LogP contribution is -2.53. The van der Waals surface area contributed by atoms with Crippen molar-refractivity contribution in [3.05, 3.63) is 47.1 Å². The SMILES string of the molecule is CCc1nc(C2CC(c3ccc(C(F)(F)F)cc3)CN(N3CCOCC3)C2)no1. The summed E-state index contributed by atoms with van der Waals surface area (Å²) in [5.41, 5.74) is 0.282. The highest BCUT2D eigenvalue weighted by atomic mass is 19.4. The quantitative estimate of drug-likeness (QED) is 0.770. The third-order valence-electron chi connectivity index (χ3n) is 5.68. The molecule has 0 spiro atoms. The molecule has 6 nitrogen and oxygen atoms in total. The van der Waals surface area contributed by atoms with Crippen molar-refractivity contribution in [1.29, 1.82) is 0 Å². The van der Waals surface area contributed by atoms with E-state index in [0.717, 1.165) is 38.2 Å². The Bertz CT molecular complexity index is 803. The van der Waals surface area contributed by atoms with Crippen molar-refractivity contribution in [1.82, 2.24) is 20.2 Å². The van der Waals surface area contributed by atoms with Gasteiger partial charge in [0.25, 0.3) is 0 Å². The van der Waals surface area contributed by atoms with Gasteiger partial charge in [0.1, 0.15) is 0 Å². The Morgan fingerprint density at radius 2 is 1.72 bits per heavy atom. The zero-order valence-corrected chi connectivity index (χ0v) is 16.4. The van der Waals surface area contributed by atoms with Gasteiger partial charge in [0.2, 0.25) is 5.89 Å². The summed E-state index contributed by atoms with van der Waals surface area (Å²) >= 11 is 0. The highest BCUT2D eigenvalue weighted by Gasteiger charge is 2.35. The predicted molar refractivity (Wildman–Crippen MR) is 99.2 cm³/mol. The van der Waals surface area contributed by atoms with E-state index in [-0.39, 0.29) is 11.8 Å². The number of ether oxygens (including phenoxy) is 1. The molecule has 0 aliphatic carbocycles. The summed E-state index contributed by atoms with van der Waals surface area (Å²) < 4.78 is 49.6. The Balaban J connectivity index is 1.57. The minimum absolute atomic E-state index is 0.0583. The first-order valence-corrected chi connectivity index (χ1v) is 10.0. The first-order valence-electron chi connectivity index (χ1n) is 10.0. The number of hydrazine groups is 1. The molecule has 158 valence electrons. The third kappa shape index (κ3) is 4.62. The Kier molecular flexibility index (Phi) is 5.89. The Morgan fingerprint density at radius 3 is 2.34 bits per heavy atom. The zero-order chi connectivity index (χ0) is 20.4. The van der Waals surface area contributed by atoms with Crippen LogP contribution >= 0.6 is 0 Å². The fourth-order valence-electron chi connectivity index (χ4n) is 4.09. The van der Waals surface area contributed by atoms with Crippen molar-refractivity contribution >= 4 is 0 Å². The first kappa shape index (κ1) is 20.3. The van der Waals surface area contributed by atoms with E-state index >= 15 is 0 Å². The van der Waals surface area contributed by atoms with Crippen molar-refractivity contribution in [2.24, 2.45) is 0 Å². The van der Waals surface area contributed by atoms with Crippen molar-refractivity contribution in [2.45, 2.75) is 37.8 Å². The molecule has 1 aromatic heterocycles. The largest absolute Gasteiger partial charge is 0.416 e. The van der Waals surface area contributed by atoms with Crippen LogP contribution in [0.2, 0.25) is 0 Å². The molecule has 0 saturated carbocycles. The van der Waals surface area contributed by atoms with Gasteiger partial charge in [0.15, 0.2) is 5.82 Å². The molecule has 2 atom stereocenters. The van der Waals surface area contributed by atoms with Crippen molar-refractivity contribution < 1.29 is 22.4 Å². The lowest BCUT2D eigenvalue weighted by molar-refractivity contribution is -0.137. The average molecular weight is 410 g/mol. The molecule has 0 amide bonds. The lowest BCUT2D eigenvalue weighted by atomic mass is 9.84. The molecule has 2 aromatic rings. The van der Waals surface area contributed by atoms with Crippen LogP contribution in [0.3, 0.4) is 0 Å². The van der Waals surface area contributed by atoms with Gasteiger partial charge in [-0.2, -0.15) is 18.2 Å². The summed E-state index contributed by atoms with van der Waals surface area (Å²) in [6.45, 7) is 6.43. The van der Waals surface area contributed by atoms with Crippen molar-refractivity contribution in [2.75, 3.05) is 39.4 Å². The summed E-state index contributed by atoms with van der Waals surface area (Å²) in [7, 11) is 0. The van der Waals surface area contributed by atoms with Gasteiger partial charge in [-0.25, -0.2) is 10.0 Å². The van der Waals surface area contributed by atoms with Gasteiger partial charge in [0.05, 0.1) is 18.8 Å². The molecule has 2 aliphatic heterocycles. The summed E-state index contributed by atoms with van der Waals surface area (Å²) in [4.78, 5) is 4.51. The number of hydrogen-bond donors (Lipinski definition) is 0. The van der Waals surface area contributed by atoms with E-state index in [1.807, 2.05) is 6.92 Å². The van der Waals surface area contributed by atoms with Crippen LogP contribution in [0.5, 0.6) is 0 Å². The molecular weight excluding hydrogens is 385 g/mol. The third-order valence-corrected chi connectivity index (χ3v) is 5.68. The lowest BCUT2D eigenvalue weighted by Gasteiger charge is -2.44. The monoisotopic (exact) mass is 410 g/mol. The minimum Gasteiger partial charge on any atom is -0.379 e. The number of rotatable bonds is 4. The Labute approximate surface area is 167 Å². The molecule has 2 aliphatic rings. The molecule has 2 unspecified atom stereocenters. The summed E-state index contributed by atoms with van der Waals surface area (Å²) in [5.74, 6) is 1.43. The molecule has 2 fully saturated rings. The van der Waals surface area contributed by atoms with Gasteiger partial charge in [-0.15, -0.1) is 0 Å². The van der Waals surface area contributed by atoms with Crippen LogP contribution < -0.4 is 0 Å². The van der Waals surface area contributed by atoms with Crippen LogP contribution in [-0.2, 0) is 17.3 Å². The number of nitrogens with zero attached hydrogens (tertiary/aromatic N) is 4. The van der Waals surface area contributed by atoms with Crippen LogP contribution in [0.15, 0.2) is 28.8 Å². The number of aryl methyl sites for hydroxylation is 1. The molecule has 29 heavy (non-hydrogen) atoms. The highest BCUT2D eigenvalue weighted by Crippen LogP contribution is 2.37. The van der Waals surface area contributed by atoms with E-state index in [2.05, 4.69) is 20.2 Å². The second kappa shape index (κ2) is 8.41. The van der Waals surface area contributed by atoms with Crippen LogP contribution in [0.25, 0.3) is 0 Å². The van der Waals surface area contributed by atoms with Gasteiger partial charge in [-0.3, -0.25) is 0 Å². The molecule has 1 aromatic carbocycles. The summed E-state index contributed by atoms with van der Waals surface area (Å²) in [6, 6.07) is 5.53. The van der Waals surface area contributed by atoms with Gasteiger partial charge >= 0.3 is 6.18 Å². The molecule has 0 N–H and O–H groups in total. The summed E-state index contributed by atoms with van der Waals surface area (Å²) in [5, 5.41) is 8.71. The topological polar surface area (TPSA) is 54.6 Å². The summed E-state index contributed by atoms with van der Waals surface area (Å²) in [6.07, 6.45) is -2.88. The number of halogens is 3. The average Bonchev–Trinajstić information content (AvgIpc) is 3.23. The zero-order valence-electron chi connectivity index (χ0n) is 16.4. The molecular formula is C20H25F3N4O2. The van der Waals surface area contributed by atoms with Gasteiger partial charge < -0.3 is 9.26 Å². The second-order valence-corrected chi connectivity index (χ2v) is 7.59. The fourth-order valence-corrected chi connectivity index (χ4v) is 4.09. The predicted octanol–water partition coefficient (Wildman–Crippen LogP) is 3.47. The maximum atomic E-state index is 12.9. The van der Waals surface area contributed by atoms with E-state index in [4.69, 9.17) is 9.26 Å². The number of alkyl halides is 3. The molecule has 0 bridgehead atoms. The van der Waals surface area contributed by atoms with Gasteiger partial charge in [0, 0.05) is 38.5 Å². The van der Waals surface area contributed by atoms with Crippen LogP contribution in [0.4, 0.5) is 13.2 Å². The van der Waals surface area contributed by atoms with Crippen LogP contribution in [-0.4, -0.2) is 59.6 Å². The van der Waals surface area contributed by atoms with E-state index in [9.17, 15) is 13.2 Å². The highest BCUT2D eigenvalue weighted by molar-refractivity contribution is 5.28. The van der Waals surface area contributed by atoms with E-state index < -0.39 is 11.7 Å². The number of hydrogen-bond acceptors (Lipinski definition) is 6. The standard InChI is InChI=1S/C20H25F3N4O2/c1-2-18-24-19(25-29-18)16-11-15(12-27(13-16)26-7-9-28-10-8-26)14-3-5-17(6-4-14)20(21,22)23/h3-6,15-16H,2,7-13H2,1H3. The van der Waals surface area contributed by atoms with Crippen molar-refractivity contribution in [3.8, 4) is 0 Å².